The molecule has 0 fully saturated rings. The van der Waals surface area contributed by atoms with Crippen molar-refractivity contribution in [2.24, 2.45) is 0 Å². The fourth-order valence-electron chi connectivity index (χ4n) is 7.21. The molecule has 47 heavy (non-hydrogen) atoms. The molecule has 0 aliphatic heterocycles. The van der Waals surface area contributed by atoms with E-state index in [0.717, 1.165) is 39.0 Å². The summed E-state index contributed by atoms with van der Waals surface area (Å²) in [6.07, 6.45) is 0. The molecule has 0 aliphatic rings. The van der Waals surface area contributed by atoms with E-state index in [0.29, 0.717) is 0 Å². The van der Waals surface area contributed by atoms with Crippen molar-refractivity contribution in [3.8, 4) is 11.1 Å². The predicted octanol–water partition coefficient (Wildman–Crippen LogP) is 13.4. The summed E-state index contributed by atoms with van der Waals surface area (Å²) in [5.74, 6) is 0. The van der Waals surface area contributed by atoms with Crippen molar-refractivity contribution in [1.82, 2.24) is 0 Å². The van der Waals surface area contributed by atoms with Crippen LogP contribution in [0.4, 0.5) is 17.1 Å². The zero-order valence-electron chi connectivity index (χ0n) is 25.4. The third-order valence-electron chi connectivity index (χ3n) is 9.43. The molecule has 0 unspecified atom stereocenters. The Balaban J connectivity index is 1.24. The number of anilines is 3. The number of thiophene rings is 1. The number of para-hydroxylation sites is 2. The van der Waals surface area contributed by atoms with E-state index in [4.69, 9.17) is 4.42 Å². The van der Waals surface area contributed by atoms with Crippen LogP contribution >= 0.6 is 11.3 Å². The van der Waals surface area contributed by atoms with Gasteiger partial charge in [0.05, 0.1) is 5.69 Å². The third-order valence-corrected chi connectivity index (χ3v) is 10.6. The fourth-order valence-corrected chi connectivity index (χ4v) is 8.35. The Morgan fingerprint density at radius 3 is 2.02 bits per heavy atom. The molecule has 0 radical (unpaired) electrons. The van der Waals surface area contributed by atoms with Crippen molar-refractivity contribution in [3.63, 3.8) is 0 Å². The number of benzene rings is 8. The van der Waals surface area contributed by atoms with Crippen LogP contribution in [-0.2, 0) is 0 Å². The number of rotatable bonds is 4. The summed E-state index contributed by atoms with van der Waals surface area (Å²) >= 11 is 1.86. The van der Waals surface area contributed by atoms with Crippen LogP contribution in [0.15, 0.2) is 168 Å². The van der Waals surface area contributed by atoms with Gasteiger partial charge in [0.2, 0.25) is 0 Å². The highest BCUT2D eigenvalue weighted by Crippen LogP contribution is 2.45. The van der Waals surface area contributed by atoms with Crippen LogP contribution in [-0.4, -0.2) is 0 Å². The molecule has 0 atom stereocenters. The minimum Gasteiger partial charge on any atom is -0.456 e. The molecule has 0 saturated carbocycles. The lowest BCUT2D eigenvalue weighted by molar-refractivity contribution is 0.669. The molecule has 220 valence electrons. The van der Waals surface area contributed by atoms with Crippen molar-refractivity contribution in [3.05, 3.63) is 164 Å². The quantitative estimate of drug-likeness (QED) is 0.183. The topological polar surface area (TPSA) is 16.4 Å². The Bertz CT molecular complexity index is 2810. The molecule has 0 aliphatic carbocycles. The van der Waals surface area contributed by atoms with Crippen LogP contribution in [0.3, 0.4) is 0 Å². The van der Waals surface area contributed by atoms with E-state index in [2.05, 4.69) is 157 Å². The van der Waals surface area contributed by atoms with Crippen LogP contribution in [0.2, 0.25) is 0 Å². The van der Waals surface area contributed by atoms with Crippen LogP contribution in [0.1, 0.15) is 0 Å². The Labute approximate surface area is 275 Å². The van der Waals surface area contributed by atoms with E-state index >= 15 is 0 Å². The molecule has 0 amide bonds. The molecular weight excluding hydrogens is 591 g/mol. The fraction of sp³-hybridized carbons (Fsp3) is 0. The van der Waals surface area contributed by atoms with Crippen molar-refractivity contribution >= 4 is 92.1 Å². The summed E-state index contributed by atoms with van der Waals surface area (Å²) in [7, 11) is 0. The zero-order chi connectivity index (χ0) is 30.9. The van der Waals surface area contributed by atoms with Gasteiger partial charge in [-0.3, -0.25) is 0 Å². The summed E-state index contributed by atoms with van der Waals surface area (Å²) in [6.45, 7) is 0. The standard InChI is InChI=1S/C44H27NOS/c1-2-10-28(11-3-1)33-12-4-7-15-40(33)45(32-22-23-36-35-14-6-9-17-43(35)47-44(36)26-32)31-21-20-29-18-19-30-24-42-39(27-38(30)37(29)25-31)34-13-5-8-16-41(34)46-42/h1-27H. The highest BCUT2D eigenvalue weighted by Gasteiger charge is 2.19. The number of fused-ring (bicyclic) bond motifs is 9. The SMILES string of the molecule is c1ccc(-c2ccccc2N(c2ccc3c(c2)sc2ccccc23)c2ccc3ccc4cc5oc6ccccc6c5cc4c3c2)cc1. The molecule has 0 saturated heterocycles. The summed E-state index contributed by atoms with van der Waals surface area (Å²) in [6, 6.07) is 59.2. The summed E-state index contributed by atoms with van der Waals surface area (Å²) < 4.78 is 8.85. The van der Waals surface area contributed by atoms with Gasteiger partial charge >= 0.3 is 0 Å². The lowest BCUT2D eigenvalue weighted by atomic mass is 9.98. The maximum Gasteiger partial charge on any atom is 0.136 e. The van der Waals surface area contributed by atoms with E-state index in [1.165, 1.54) is 52.8 Å². The molecule has 10 rings (SSSR count). The van der Waals surface area contributed by atoms with Gasteiger partial charge in [0.15, 0.2) is 0 Å². The third kappa shape index (κ3) is 4.17. The van der Waals surface area contributed by atoms with Gasteiger partial charge in [-0.2, -0.15) is 0 Å². The second-order valence-electron chi connectivity index (χ2n) is 12.1. The Morgan fingerprint density at radius 1 is 0.404 bits per heavy atom. The van der Waals surface area contributed by atoms with Gasteiger partial charge in [-0.1, -0.05) is 109 Å². The lowest BCUT2D eigenvalue weighted by Gasteiger charge is -2.28. The van der Waals surface area contributed by atoms with Crippen LogP contribution in [0, 0.1) is 0 Å². The molecule has 0 spiro atoms. The van der Waals surface area contributed by atoms with Crippen LogP contribution in [0.25, 0.3) is 74.8 Å². The summed E-state index contributed by atoms with van der Waals surface area (Å²) in [5, 5.41) is 9.72. The average molecular weight is 618 g/mol. The van der Waals surface area contributed by atoms with E-state index in [-0.39, 0.29) is 0 Å². The number of nitrogens with zero attached hydrogens (tertiary/aromatic N) is 1. The normalized spacial score (nSPS) is 11.8. The first-order valence-electron chi connectivity index (χ1n) is 15.9. The van der Waals surface area contributed by atoms with Crippen LogP contribution < -0.4 is 4.90 Å². The van der Waals surface area contributed by atoms with Gasteiger partial charge in [-0.05, 0) is 81.7 Å². The van der Waals surface area contributed by atoms with Gasteiger partial charge in [0.25, 0.3) is 0 Å². The van der Waals surface area contributed by atoms with Gasteiger partial charge in [0, 0.05) is 47.9 Å². The molecule has 3 heteroatoms. The van der Waals surface area contributed by atoms with Crippen molar-refractivity contribution in [1.29, 1.82) is 0 Å². The first kappa shape index (κ1) is 26.3. The van der Waals surface area contributed by atoms with Gasteiger partial charge < -0.3 is 9.32 Å². The monoisotopic (exact) mass is 617 g/mol. The number of furan rings is 1. The van der Waals surface area contributed by atoms with Crippen molar-refractivity contribution < 1.29 is 4.42 Å². The molecule has 0 bridgehead atoms. The lowest BCUT2D eigenvalue weighted by Crippen LogP contribution is -2.11. The van der Waals surface area contributed by atoms with Gasteiger partial charge in [0.1, 0.15) is 11.2 Å². The predicted molar refractivity (Wildman–Crippen MR) is 202 cm³/mol. The summed E-state index contributed by atoms with van der Waals surface area (Å²) in [4.78, 5) is 2.43. The molecule has 2 heterocycles. The largest absolute Gasteiger partial charge is 0.456 e. The first-order chi connectivity index (χ1) is 23.3. The molecule has 2 aromatic heterocycles. The first-order valence-corrected chi connectivity index (χ1v) is 16.7. The maximum absolute atomic E-state index is 6.26. The Kier molecular flexibility index (Phi) is 5.78. The summed E-state index contributed by atoms with van der Waals surface area (Å²) in [5.41, 5.74) is 7.61. The molecule has 8 aromatic carbocycles. The van der Waals surface area contributed by atoms with E-state index in [1.54, 1.807) is 0 Å². The van der Waals surface area contributed by atoms with Gasteiger partial charge in [-0.25, -0.2) is 0 Å². The van der Waals surface area contributed by atoms with E-state index < -0.39 is 0 Å². The average Bonchev–Trinajstić information content (AvgIpc) is 3.69. The molecule has 2 nitrogen and oxygen atoms in total. The highest BCUT2D eigenvalue weighted by atomic mass is 32.1. The Hall–Kier alpha value is -5.90. The van der Waals surface area contributed by atoms with Crippen LogP contribution in [0.5, 0.6) is 0 Å². The number of hydrogen-bond acceptors (Lipinski definition) is 3. The van der Waals surface area contributed by atoms with Crippen molar-refractivity contribution in [2.45, 2.75) is 0 Å². The minimum atomic E-state index is 0.920. The van der Waals surface area contributed by atoms with E-state index in [9.17, 15) is 0 Å². The molecule has 10 aromatic rings. The second kappa shape index (κ2) is 10.3. The molecular formula is C44H27NOS. The van der Waals surface area contributed by atoms with Gasteiger partial charge in [-0.15, -0.1) is 11.3 Å². The van der Waals surface area contributed by atoms with E-state index in [1.807, 2.05) is 23.5 Å². The number of hydrogen-bond donors (Lipinski definition) is 0. The zero-order valence-corrected chi connectivity index (χ0v) is 26.2. The smallest absolute Gasteiger partial charge is 0.136 e. The molecule has 0 N–H and O–H groups in total. The highest BCUT2D eigenvalue weighted by molar-refractivity contribution is 7.25. The maximum atomic E-state index is 6.26. The second-order valence-corrected chi connectivity index (χ2v) is 13.2. The van der Waals surface area contributed by atoms with Crippen molar-refractivity contribution in [2.75, 3.05) is 4.90 Å². The minimum absolute atomic E-state index is 0.920. The Morgan fingerprint density at radius 2 is 1.09 bits per heavy atom.